The number of benzene rings is 3. The molecule has 21 heavy (non-hydrogen) atoms. The van der Waals surface area contributed by atoms with Crippen LogP contribution < -0.4 is 0 Å². The molecular weight excluding hydrogens is 274 g/mol. The van der Waals surface area contributed by atoms with Crippen molar-refractivity contribution in [1.29, 1.82) is 5.26 Å². The zero-order valence-corrected chi connectivity index (χ0v) is 12.2. The summed E-state index contributed by atoms with van der Waals surface area (Å²) in [5.74, 6) is 0. The molecule has 0 unspecified atom stereocenters. The SMILES string of the molecule is N#Cc1ccc2cc(C=CSc3ccccc3)ccc2c1. The molecule has 0 aliphatic carbocycles. The van der Waals surface area contributed by atoms with Gasteiger partial charge in [0.2, 0.25) is 0 Å². The Bertz CT molecular complexity index is 829. The molecule has 0 N–H and O–H groups in total. The van der Waals surface area contributed by atoms with Crippen LogP contribution in [0.25, 0.3) is 16.8 Å². The predicted octanol–water partition coefficient (Wildman–Crippen LogP) is 5.47. The minimum absolute atomic E-state index is 0.699. The van der Waals surface area contributed by atoms with Gasteiger partial charge in [0.1, 0.15) is 0 Å². The van der Waals surface area contributed by atoms with Crippen LogP contribution in [0, 0.1) is 11.3 Å². The van der Waals surface area contributed by atoms with E-state index in [1.807, 2.05) is 36.4 Å². The Morgan fingerprint density at radius 1 is 0.857 bits per heavy atom. The predicted molar refractivity (Wildman–Crippen MR) is 90.0 cm³/mol. The number of hydrogen-bond acceptors (Lipinski definition) is 2. The fourth-order valence-corrected chi connectivity index (χ4v) is 2.82. The molecule has 0 spiro atoms. The van der Waals surface area contributed by atoms with E-state index in [2.05, 4.69) is 47.9 Å². The van der Waals surface area contributed by atoms with Gasteiger partial charge in [-0.15, -0.1) is 0 Å². The molecule has 1 nitrogen and oxygen atoms in total. The Morgan fingerprint density at radius 3 is 2.43 bits per heavy atom. The van der Waals surface area contributed by atoms with Crippen LogP contribution in [0.15, 0.2) is 77.0 Å². The molecule has 0 saturated carbocycles. The van der Waals surface area contributed by atoms with Gasteiger partial charge in [-0.25, -0.2) is 0 Å². The maximum Gasteiger partial charge on any atom is 0.0991 e. The van der Waals surface area contributed by atoms with Gasteiger partial charge >= 0.3 is 0 Å². The highest BCUT2D eigenvalue weighted by Crippen LogP contribution is 2.22. The monoisotopic (exact) mass is 287 g/mol. The maximum absolute atomic E-state index is 8.91. The van der Waals surface area contributed by atoms with E-state index in [1.165, 1.54) is 4.90 Å². The summed E-state index contributed by atoms with van der Waals surface area (Å²) >= 11 is 1.70. The first kappa shape index (κ1) is 13.5. The molecule has 0 aromatic heterocycles. The lowest BCUT2D eigenvalue weighted by Crippen LogP contribution is -1.78. The van der Waals surface area contributed by atoms with E-state index in [-0.39, 0.29) is 0 Å². The van der Waals surface area contributed by atoms with Gasteiger partial charge in [0.05, 0.1) is 11.6 Å². The van der Waals surface area contributed by atoms with Crippen molar-refractivity contribution in [3.8, 4) is 6.07 Å². The molecule has 0 heterocycles. The summed E-state index contributed by atoms with van der Waals surface area (Å²) in [6.45, 7) is 0. The first-order valence-corrected chi connectivity index (χ1v) is 7.55. The van der Waals surface area contributed by atoms with Gasteiger partial charge in [0, 0.05) is 4.90 Å². The van der Waals surface area contributed by atoms with Crippen molar-refractivity contribution in [1.82, 2.24) is 0 Å². The smallest absolute Gasteiger partial charge is 0.0991 e. The van der Waals surface area contributed by atoms with E-state index in [4.69, 9.17) is 5.26 Å². The summed E-state index contributed by atoms with van der Waals surface area (Å²) in [6.07, 6.45) is 2.11. The van der Waals surface area contributed by atoms with Crippen LogP contribution in [0.5, 0.6) is 0 Å². The van der Waals surface area contributed by atoms with E-state index >= 15 is 0 Å². The van der Waals surface area contributed by atoms with Crippen molar-refractivity contribution in [2.75, 3.05) is 0 Å². The average molecular weight is 287 g/mol. The normalized spacial score (nSPS) is 10.8. The van der Waals surface area contributed by atoms with Crippen LogP contribution in [-0.2, 0) is 0 Å². The molecule has 2 heteroatoms. The van der Waals surface area contributed by atoms with Crippen LogP contribution in [0.1, 0.15) is 11.1 Å². The van der Waals surface area contributed by atoms with Gasteiger partial charge in [0.15, 0.2) is 0 Å². The summed E-state index contributed by atoms with van der Waals surface area (Å²) in [7, 11) is 0. The van der Waals surface area contributed by atoms with Crippen LogP contribution in [-0.4, -0.2) is 0 Å². The van der Waals surface area contributed by atoms with E-state index in [0.29, 0.717) is 5.56 Å². The molecule has 0 bridgehead atoms. The number of hydrogen-bond donors (Lipinski definition) is 0. The Kier molecular flexibility index (Phi) is 4.04. The zero-order valence-electron chi connectivity index (χ0n) is 11.4. The van der Waals surface area contributed by atoms with Crippen molar-refractivity contribution in [2.24, 2.45) is 0 Å². The van der Waals surface area contributed by atoms with E-state index in [9.17, 15) is 0 Å². The maximum atomic E-state index is 8.91. The molecule has 3 aromatic rings. The zero-order chi connectivity index (χ0) is 14.5. The van der Waals surface area contributed by atoms with E-state index < -0.39 is 0 Å². The average Bonchev–Trinajstić information content (AvgIpc) is 2.55. The second-order valence-corrected chi connectivity index (χ2v) is 5.65. The van der Waals surface area contributed by atoms with E-state index in [1.54, 1.807) is 11.8 Å². The molecule has 0 atom stereocenters. The lowest BCUT2D eigenvalue weighted by atomic mass is 10.0. The Labute approximate surface area is 128 Å². The van der Waals surface area contributed by atoms with Crippen molar-refractivity contribution < 1.29 is 0 Å². The van der Waals surface area contributed by atoms with Gasteiger partial charge in [-0.1, -0.05) is 48.2 Å². The van der Waals surface area contributed by atoms with Gasteiger partial charge in [-0.05, 0) is 58.2 Å². The largest absolute Gasteiger partial charge is 0.192 e. The minimum atomic E-state index is 0.699. The summed E-state index contributed by atoms with van der Waals surface area (Å²) < 4.78 is 0. The van der Waals surface area contributed by atoms with Gasteiger partial charge in [-0.3, -0.25) is 0 Å². The highest BCUT2D eigenvalue weighted by atomic mass is 32.2. The Hall–Kier alpha value is -2.50. The third kappa shape index (κ3) is 3.34. The fourth-order valence-electron chi connectivity index (χ4n) is 2.13. The molecule has 0 radical (unpaired) electrons. The Balaban J connectivity index is 1.80. The van der Waals surface area contributed by atoms with Gasteiger partial charge in [-0.2, -0.15) is 5.26 Å². The number of fused-ring (bicyclic) bond motifs is 1. The summed E-state index contributed by atoms with van der Waals surface area (Å²) in [4.78, 5) is 1.23. The molecule has 100 valence electrons. The number of thioether (sulfide) groups is 1. The lowest BCUT2D eigenvalue weighted by Gasteiger charge is -2.00. The van der Waals surface area contributed by atoms with Crippen LogP contribution in [0.4, 0.5) is 0 Å². The highest BCUT2D eigenvalue weighted by Gasteiger charge is 1.97. The third-order valence-corrected chi connectivity index (χ3v) is 4.02. The van der Waals surface area contributed by atoms with Crippen LogP contribution in [0.3, 0.4) is 0 Å². The first-order chi connectivity index (χ1) is 10.3. The minimum Gasteiger partial charge on any atom is -0.192 e. The van der Waals surface area contributed by atoms with E-state index in [0.717, 1.165) is 16.3 Å². The fraction of sp³-hybridized carbons (Fsp3) is 0. The molecule has 3 aromatic carbocycles. The first-order valence-electron chi connectivity index (χ1n) is 6.67. The molecule has 0 saturated heterocycles. The Morgan fingerprint density at radius 2 is 1.62 bits per heavy atom. The number of rotatable bonds is 3. The summed E-state index contributed by atoms with van der Waals surface area (Å²) in [5.41, 5.74) is 1.86. The van der Waals surface area contributed by atoms with Crippen LogP contribution >= 0.6 is 11.8 Å². The number of nitrogens with zero attached hydrogens (tertiary/aromatic N) is 1. The lowest BCUT2D eigenvalue weighted by molar-refractivity contribution is 1.47. The standard InChI is InChI=1S/C19H13NS/c20-14-16-7-9-17-12-15(6-8-18(17)13-16)10-11-21-19-4-2-1-3-5-19/h1-13H. The van der Waals surface area contributed by atoms with Crippen molar-refractivity contribution >= 4 is 28.6 Å². The number of nitriles is 1. The van der Waals surface area contributed by atoms with Crippen molar-refractivity contribution in [2.45, 2.75) is 4.90 Å². The molecule has 0 aliphatic heterocycles. The summed E-state index contributed by atoms with van der Waals surface area (Å²) in [6, 6.07) is 24.5. The quantitative estimate of drug-likeness (QED) is 0.596. The molecule has 3 rings (SSSR count). The molecule has 0 aliphatic rings. The van der Waals surface area contributed by atoms with Gasteiger partial charge in [0.25, 0.3) is 0 Å². The topological polar surface area (TPSA) is 23.8 Å². The molecular formula is C19H13NS. The second kappa shape index (κ2) is 6.30. The second-order valence-electron chi connectivity index (χ2n) is 4.67. The van der Waals surface area contributed by atoms with Gasteiger partial charge < -0.3 is 0 Å². The highest BCUT2D eigenvalue weighted by molar-refractivity contribution is 8.02. The molecule has 0 amide bonds. The van der Waals surface area contributed by atoms with Crippen LogP contribution in [0.2, 0.25) is 0 Å². The summed E-state index contributed by atoms with van der Waals surface area (Å²) in [5, 5.41) is 13.3. The van der Waals surface area contributed by atoms with Crippen molar-refractivity contribution in [3.63, 3.8) is 0 Å². The van der Waals surface area contributed by atoms with Crippen molar-refractivity contribution in [3.05, 3.63) is 83.3 Å². The molecule has 0 fully saturated rings. The third-order valence-electron chi connectivity index (χ3n) is 3.20.